The maximum absolute atomic E-state index is 12.1. The standard InChI is InChI=1S/C10H9Cl2N3O3S/c11-7-2-1-3-8(12)9(7)15-19(17,18)10-6(5-16)4-13-14-10/h1-4,15-16H,5H2,(H,13,14). The quantitative estimate of drug-likeness (QED) is 0.802. The molecule has 6 nitrogen and oxygen atoms in total. The molecule has 102 valence electrons. The van der Waals surface area contributed by atoms with E-state index in [2.05, 4.69) is 14.9 Å². The van der Waals surface area contributed by atoms with Crippen molar-refractivity contribution in [3.8, 4) is 0 Å². The summed E-state index contributed by atoms with van der Waals surface area (Å²) in [7, 11) is -3.95. The number of benzene rings is 1. The van der Waals surface area contributed by atoms with Crippen molar-refractivity contribution >= 4 is 38.9 Å². The molecular weight excluding hydrogens is 313 g/mol. The van der Waals surface area contributed by atoms with E-state index in [1.807, 2.05) is 0 Å². The van der Waals surface area contributed by atoms with Gasteiger partial charge in [0.2, 0.25) is 0 Å². The minimum absolute atomic E-state index is 0.0734. The van der Waals surface area contributed by atoms with Gasteiger partial charge < -0.3 is 5.11 Å². The number of nitrogens with zero attached hydrogens (tertiary/aromatic N) is 1. The summed E-state index contributed by atoms with van der Waals surface area (Å²) in [6, 6.07) is 4.61. The summed E-state index contributed by atoms with van der Waals surface area (Å²) in [5, 5.41) is 15.0. The van der Waals surface area contributed by atoms with Gasteiger partial charge in [-0.25, -0.2) is 0 Å². The van der Waals surface area contributed by atoms with Crippen molar-refractivity contribution in [3.05, 3.63) is 40.0 Å². The molecule has 0 atom stereocenters. The van der Waals surface area contributed by atoms with Crippen molar-refractivity contribution in [2.75, 3.05) is 4.72 Å². The SMILES string of the molecule is O=S(=O)(Nc1c(Cl)cccc1Cl)c1[nH]ncc1CO. The predicted octanol–water partition coefficient (Wildman–Crippen LogP) is 2.01. The number of hydrogen-bond acceptors (Lipinski definition) is 4. The van der Waals surface area contributed by atoms with Crippen LogP contribution in [0.15, 0.2) is 29.4 Å². The number of aliphatic hydroxyl groups is 1. The maximum Gasteiger partial charge on any atom is 0.279 e. The normalized spacial score (nSPS) is 11.5. The van der Waals surface area contributed by atoms with Crippen LogP contribution in [0.3, 0.4) is 0 Å². The van der Waals surface area contributed by atoms with E-state index < -0.39 is 16.6 Å². The fourth-order valence-corrected chi connectivity index (χ4v) is 3.26. The highest BCUT2D eigenvalue weighted by molar-refractivity contribution is 7.92. The Morgan fingerprint density at radius 1 is 1.32 bits per heavy atom. The molecule has 2 aromatic rings. The summed E-state index contributed by atoms with van der Waals surface area (Å²) in [5.41, 5.74) is 0.222. The smallest absolute Gasteiger partial charge is 0.279 e. The number of rotatable bonds is 4. The third-order valence-corrected chi connectivity index (χ3v) is 4.31. The van der Waals surface area contributed by atoms with Gasteiger partial charge in [0.15, 0.2) is 5.03 Å². The second kappa shape index (κ2) is 5.38. The van der Waals surface area contributed by atoms with Crippen LogP contribution in [-0.4, -0.2) is 23.7 Å². The summed E-state index contributed by atoms with van der Waals surface area (Å²) in [4.78, 5) is 0. The molecule has 0 spiro atoms. The van der Waals surface area contributed by atoms with Crippen molar-refractivity contribution in [3.63, 3.8) is 0 Å². The molecule has 1 aromatic heterocycles. The molecule has 0 aliphatic rings. The Labute approximate surface area is 119 Å². The second-order valence-electron chi connectivity index (χ2n) is 3.58. The highest BCUT2D eigenvalue weighted by atomic mass is 35.5. The van der Waals surface area contributed by atoms with Crippen LogP contribution in [0.5, 0.6) is 0 Å². The number of sulfonamides is 1. The van der Waals surface area contributed by atoms with Gasteiger partial charge in [-0.3, -0.25) is 9.82 Å². The third kappa shape index (κ3) is 2.84. The molecule has 1 aromatic carbocycles. The number of aromatic nitrogens is 2. The van der Waals surface area contributed by atoms with Crippen LogP contribution >= 0.6 is 23.2 Å². The zero-order chi connectivity index (χ0) is 14.0. The van der Waals surface area contributed by atoms with Crippen LogP contribution in [0.2, 0.25) is 10.0 Å². The first-order valence-electron chi connectivity index (χ1n) is 5.05. The van der Waals surface area contributed by atoms with Crippen LogP contribution in [0, 0.1) is 0 Å². The third-order valence-electron chi connectivity index (χ3n) is 2.32. The molecule has 0 bridgehead atoms. The van der Waals surface area contributed by atoms with Gasteiger partial charge in [-0.1, -0.05) is 29.3 Å². The molecule has 0 saturated carbocycles. The molecule has 0 unspecified atom stereocenters. The van der Waals surface area contributed by atoms with E-state index >= 15 is 0 Å². The molecule has 0 aliphatic carbocycles. The predicted molar refractivity (Wildman–Crippen MR) is 71.8 cm³/mol. The molecule has 0 radical (unpaired) electrons. The largest absolute Gasteiger partial charge is 0.392 e. The number of halogens is 2. The minimum atomic E-state index is -3.95. The van der Waals surface area contributed by atoms with E-state index in [1.165, 1.54) is 18.3 Å². The lowest BCUT2D eigenvalue weighted by atomic mass is 10.3. The first-order chi connectivity index (χ1) is 8.95. The van der Waals surface area contributed by atoms with Crippen molar-refractivity contribution < 1.29 is 13.5 Å². The lowest BCUT2D eigenvalue weighted by Crippen LogP contribution is -2.15. The molecule has 0 amide bonds. The minimum Gasteiger partial charge on any atom is -0.392 e. The Bertz CT molecular complexity index is 680. The summed E-state index contributed by atoms with van der Waals surface area (Å²) < 4.78 is 26.5. The number of para-hydroxylation sites is 1. The number of anilines is 1. The van der Waals surface area contributed by atoms with E-state index in [0.717, 1.165) is 0 Å². The fraction of sp³-hybridized carbons (Fsp3) is 0.100. The first-order valence-corrected chi connectivity index (χ1v) is 7.29. The zero-order valence-corrected chi connectivity index (χ0v) is 11.7. The molecule has 2 rings (SSSR count). The molecule has 0 aliphatic heterocycles. The molecule has 0 fully saturated rings. The van der Waals surface area contributed by atoms with Gasteiger partial charge in [0.1, 0.15) is 0 Å². The van der Waals surface area contributed by atoms with Crippen LogP contribution in [-0.2, 0) is 16.6 Å². The van der Waals surface area contributed by atoms with E-state index in [0.29, 0.717) is 0 Å². The zero-order valence-electron chi connectivity index (χ0n) is 9.39. The van der Waals surface area contributed by atoms with Gasteiger partial charge >= 0.3 is 0 Å². The Balaban J connectivity index is 2.43. The summed E-state index contributed by atoms with van der Waals surface area (Å²) in [5.74, 6) is 0. The molecule has 19 heavy (non-hydrogen) atoms. The average Bonchev–Trinajstić information content (AvgIpc) is 2.83. The number of hydrogen-bond donors (Lipinski definition) is 3. The van der Waals surface area contributed by atoms with Crippen molar-refractivity contribution in [1.82, 2.24) is 10.2 Å². The Kier molecular flexibility index (Phi) is 4.00. The molecular formula is C10H9Cl2N3O3S. The molecule has 9 heteroatoms. The Morgan fingerprint density at radius 3 is 2.53 bits per heavy atom. The van der Waals surface area contributed by atoms with Gasteiger partial charge in [0.25, 0.3) is 10.0 Å². The van der Waals surface area contributed by atoms with E-state index in [9.17, 15) is 8.42 Å². The highest BCUT2D eigenvalue weighted by Crippen LogP contribution is 2.31. The van der Waals surface area contributed by atoms with Gasteiger partial charge in [0.05, 0.1) is 28.5 Å². The highest BCUT2D eigenvalue weighted by Gasteiger charge is 2.22. The second-order valence-corrected chi connectivity index (χ2v) is 6.02. The van der Waals surface area contributed by atoms with Gasteiger partial charge in [0, 0.05) is 5.56 Å². The summed E-state index contributed by atoms with van der Waals surface area (Å²) in [6.45, 7) is -0.455. The molecule has 3 N–H and O–H groups in total. The maximum atomic E-state index is 12.1. The van der Waals surface area contributed by atoms with Crippen LogP contribution < -0.4 is 4.72 Å². The number of nitrogens with one attached hydrogen (secondary N) is 2. The monoisotopic (exact) mass is 321 g/mol. The Hall–Kier alpha value is -1.28. The van der Waals surface area contributed by atoms with Crippen molar-refractivity contribution in [2.45, 2.75) is 11.6 Å². The Morgan fingerprint density at radius 2 is 1.95 bits per heavy atom. The fourth-order valence-electron chi connectivity index (χ4n) is 1.43. The first kappa shape index (κ1) is 14.1. The van der Waals surface area contributed by atoms with Crippen LogP contribution in [0.1, 0.15) is 5.56 Å². The lowest BCUT2D eigenvalue weighted by Gasteiger charge is -2.10. The van der Waals surface area contributed by atoms with Crippen LogP contribution in [0.25, 0.3) is 0 Å². The van der Waals surface area contributed by atoms with Gasteiger partial charge in [-0.05, 0) is 12.1 Å². The summed E-state index contributed by atoms with van der Waals surface area (Å²) in [6.07, 6.45) is 1.22. The lowest BCUT2D eigenvalue weighted by molar-refractivity contribution is 0.278. The summed E-state index contributed by atoms with van der Waals surface area (Å²) >= 11 is 11.8. The van der Waals surface area contributed by atoms with Crippen LogP contribution in [0.4, 0.5) is 5.69 Å². The molecule has 1 heterocycles. The van der Waals surface area contributed by atoms with Gasteiger partial charge in [-0.2, -0.15) is 13.5 Å². The number of H-pyrrole nitrogens is 1. The number of aliphatic hydroxyl groups excluding tert-OH is 1. The number of aromatic amines is 1. The molecule has 0 saturated heterocycles. The van der Waals surface area contributed by atoms with E-state index in [4.69, 9.17) is 28.3 Å². The van der Waals surface area contributed by atoms with Gasteiger partial charge in [-0.15, -0.1) is 0 Å². The topological polar surface area (TPSA) is 95.1 Å². The van der Waals surface area contributed by atoms with Crippen molar-refractivity contribution in [2.24, 2.45) is 0 Å². The average molecular weight is 322 g/mol. The van der Waals surface area contributed by atoms with Crippen molar-refractivity contribution in [1.29, 1.82) is 0 Å². The van der Waals surface area contributed by atoms with E-state index in [-0.39, 0.29) is 26.3 Å². The van der Waals surface area contributed by atoms with E-state index in [1.54, 1.807) is 6.07 Å².